The van der Waals surface area contributed by atoms with Crippen LogP contribution in [0.5, 0.6) is 5.75 Å². The monoisotopic (exact) mass is 223 g/mol. The summed E-state index contributed by atoms with van der Waals surface area (Å²) in [5.74, 6) is 0.907. The number of nitrogens with two attached hydrogens (primary N) is 1. The van der Waals surface area contributed by atoms with Gasteiger partial charge in [0.05, 0.1) is 12.7 Å². The van der Waals surface area contributed by atoms with Crippen molar-refractivity contribution in [3.8, 4) is 5.75 Å². The van der Waals surface area contributed by atoms with Crippen molar-refractivity contribution in [1.29, 1.82) is 0 Å². The number of rotatable bonds is 6. The van der Waals surface area contributed by atoms with Crippen molar-refractivity contribution in [3.63, 3.8) is 0 Å². The van der Waals surface area contributed by atoms with Crippen molar-refractivity contribution in [2.45, 2.75) is 33.4 Å². The zero-order chi connectivity index (χ0) is 12.0. The van der Waals surface area contributed by atoms with Gasteiger partial charge in [-0.15, -0.1) is 0 Å². The highest BCUT2D eigenvalue weighted by atomic mass is 16.5. The molecule has 0 unspecified atom stereocenters. The van der Waals surface area contributed by atoms with Gasteiger partial charge in [0.25, 0.3) is 0 Å². The highest BCUT2D eigenvalue weighted by Crippen LogP contribution is 2.18. The second-order valence-electron chi connectivity index (χ2n) is 4.07. The maximum Gasteiger partial charge on any atom is 0.122 e. The third kappa shape index (κ3) is 4.21. The molecular formula is C13H21NO2. The second-order valence-corrected chi connectivity index (χ2v) is 4.07. The predicted octanol–water partition coefficient (Wildman–Crippen LogP) is 2.26. The minimum Gasteiger partial charge on any atom is -0.491 e. The first-order valence-corrected chi connectivity index (χ1v) is 5.67. The molecule has 0 aromatic heterocycles. The summed E-state index contributed by atoms with van der Waals surface area (Å²) in [6.45, 7) is 7.83. The van der Waals surface area contributed by atoms with E-state index in [1.54, 1.807) is 0 Å². The van der Waals surface area contributed by atoms with Crippen LogP contribution in [0.15, 0.2) is 18.2 Å². The molecule has 3 heteroatoms. The molecule has 90 valence electrons. The fourth-order valence-electron chi connectivity index (χ4n) is 1.44. The van der Waals surface area contributed by atoms with Gasteiger partial charge in [0, 0.05) is 6.54 Å². The normalized spacial score (nSPS) is 10.8. The Kier molecular flexibility index (Phi) is 5.29. The molecule has 0 fully saturated rings. The first-order valence-electron chi connectivity index (χ1n) is 5.67. The molecule has 0 aliphatic carbocycles. The van der Waals surface area contributed by atoms with Crippen LogP contribution in [-0.4, -0.2) is 19.3 Å². The van der Waals surface area contributed by atoms with Gasteiger partial charge in [-0.2, -0.15) is 0 Å². The highest BCUT2D eigenvalue weighted by molar-refractivity contribution is 5.36. The molecule has 3 nitrogen and oxygen atoms in total. The molecule has 0 aliphatic heterocycles. The second kappa shape index (κ2) is 6.51. The van der Waals surface area contributed by atoms with Gasteiger partial charge in [-0.05, 0) is 38.0 Å². The number of ether oxygens (including phenoxy) is 2. The summed E-state index contributed by atoms with van der Waals surface area (Å²) in [7, 11) is 0. The fraction of sp³-hybridized carbons (Fsp3) is 0.538. The maximum atomic E-state index is 5.62. The molecular weight excluding hydrogens is 202 g/mol. The molecule has 0 amide bonds. The fourth-order valence-corrected chi connectivity index (χ4v) is 1.44. The van der Waals surface area contributed by atoms with E-state index in [2.05, 4.69) is 6.07 Å². The smallest absolute Gasteiger partial charge is 0.122 e. The molecule has 0 saturated carbocycles. The Bertz CT molecular complexity index is 324. The van der Waals surface area contributed by atoms with Gasteiger partial charge >= 0.3 is 0 Å². The number of hydrogen-bond acceptors (Lipinski definition) is 3. The zero-order valence-electron chi connectivity index (χ0n) is 10.3. The van der Waals surface area contributed by atoms with Gasteiger partial charge in [0.2, 0.25) is 0 Å². The first kappa shape index (κ1) is 13.0. The molecule has 1 aromatic carbocycles. The summed E-state index contributed by atoms with van der Waals surface area (Å²) in [4.78, 5) is 0. The zero-order valence-corrected chi connectivity index (χ0v) is 10.3. The lowest BCUT2D eigenvalue weighted by atomic mass is 10.1. The standard InChI is InChI=1S/C13H21NO2/c1-10(2)15-6-7-16-13-5-4-12(9-14)8-11(13)3/h4-5,8,10H,6-7,9,14H2,1-3H3. The van der Waals surface area contributed by atoms with E-state index in [-0.39, 0.29) is 6.10 Å². The minimum atomic E-state index is 0.254. The first-order chi connectivity index (χ1) is 7.63. The van der Waals surface area contributed by atoms with Crippen LogP contribution in [0.25, 0.3) is 0 Å². The summed E-state index contributed by atoms with van der Waals surface area (Å²) >= 11 is 0. The largest absolute Gasteiger partial charge is 0.491 e. The number of aryl methyl sites for hydroxylation is 1. The molecule has 0 atom stereocenters. The van der Waals surface area contributed by atoms with E-state index >= 15 is 0 Å². The van der Waals surface area contributed by atoms with Crippen LogP contribution in [0.4, 0.5) is 0 Å². The van der Waals surface area contributed by atoms with Crippen LogP contribution >= 0.6 is 0 Å². The van der Waals surface area contributed by atoms with Crippen molar-refractivity contribution in [2.24, 2.45) is 5.73 Å². The van der Waals surface area contributed by atoms with E-state index in [0.29, 0.717) is 19.8 Å². The molecule has 0 bridgehead atoms. The summed E-state index contributed by atoms with van der Waals surface area (Å²) in [6.07, 6.45) is 0.254. The Morgan fingerprint density at radius 3 is 2.56 bits per heavy atom. The van der Waals surface area contributed by atoms with Gasteiger partial charge in [0.15, 0.2) is 0 Å². The van der Waals surface area contributed by atoms with Crippen molar-refractivity contribution in [2.75, 3.05) is 13.2 Å². The Morgan fingerprint density at radius 2 is 2.00 bits per heavy atom. The van der Waals surface area contributed by atoms with Crippen molar-refractivity contribution in [1.82, 2.24) is 0 Å². The van der Waals surface area contributed by atoms with E-state index in [4.69, 9.17) is 15.2 Å². The molecule has 16 heavy (non-hydrogen) atoms. The van der Waals surface area contributed by atoms with Crippen molar-refractivity contribution in [3.05, 3.63) is 29.3 Å². The lowest BCUT2D eigenvalue weighted by Crippen LogP contribution is -2.11. The SMILES string of the molecule is Cc1cc(CN)ccc1OCCOC(C)C. The molecule has 0 saturated heterocycles. The molecule has 0 radical (unpaired) electrons. The van der Waals surface area contributed by atoms with E-state index in [1.807, 2.05) is 32.9 Å². The van der Waals surface area contributed by atoms with Crippen molar-refractivity contribution >= 4 is 0 Å². The Labute approximate surface area is 97.6 Å². The molecule has 0 aliphatic rings. The molecule has 2 N–H and O–H groups in total. The lowest BCUT2D eigenvalue weighted by molar-refractivity contribution is 0.0551. The van der Waals surface area contributed by atoms with Gasteiger partial charge < -0.3 is 15.2 Å². The highest BCUT2D eigenvalue weighted by Gasteiger charge is 2.01. The van der Waals surface area contributed by atoms with E-state index in [1.165, 1.54) is 0 Å². The van der Waals surface area contributed by atoms with E-state index in [0.717, 1.165) is 16.9 Å². The summed E-state index contributed by atoms with van der Waals surface area (Å²) in [5.41, 5.74) is 7.81. The van der Waals surface area contributed by atoms with Gasteiger partial charge in [-0.3, -0.25) is 0 Å². The summed E-state index contributed by atoms with van der Waals surface area (Å²) < 4.78 is 11.0. The number of hydrogen-bond donors (Lipinski definition) is 1. The van der Waals surface area contributed by atoms with Gasteiger partial charge in [-0.1, -0.05) is 12.1 Å². The topological polar surface area (TPSA) is 44.5 Å². The van der Waals surface area contributed by atoms with E-state index in [9.17, 15) is 0 Å². The third-order valence-corrected chi connectivity index (χ3v) is 2.27. The molecule has 1 aromatic rings. The Balaban J connectivity index is 2.42. The third-order valence-electron chi connectivity index (χ3n) is 2.27. The summed E-state index contributed by atoms with van der Waals surface area (Å²) in [5, 5.41) is 0. The van der Waals surface area contributed by atoms with Crippen molar-refractivity contribution < 1.29 is 9.47 Å². The quantitative estimate of drug-likeness (QED) is 0.752. The van der Waals surface area contributed by atoms with Gasteiger partial charge in [-0.25, -0.2) is 0 Å². The molecule has 0 heterocycles. The average Bonchev–Trinajstić information content (AvgIpc) is 2.25. The minimum absolute atomic E-state index is 0.254. The summed E-state index contributed by atoms with van der Waals surface area (Å²) in [6, 6.07) is 6.01. The van der Waals surface area contributed by atoms with Crippen LogP contribution in [0, 0.1) is 6.92 Å². The van der Waals surface area contributed by atoms with Gasteiger partial charge in [0.1, 0.15) is 12.4 Å². The number of benzene rings is 1. The molecule has 1 rings (SSSR count). The maximum absolute atomic E-state index is 5.62. The Hall–Kier alpha value is -1.06. The van der Waals surface area contributed by atoms with Crippen LogP contribution < -0.4 is 10.5 Å². The Morgan fingerprint density at radius 1 is 1.25 bits per heavy atom. The van der Waals surface area contributed by atoms with Crippen LogP contribution in [0.1, 0.15) is 25.0 Å². The van der Waals surface area contributed by atoms with Crippen LogP contribution in [-0.2, 0) is 11.3 Å². The molecule has 0 spiro atoms. The predicted molar refractivity (Wildman–Crippen MR) is 65.7 cm³/mol. The lowest BCUT2D eigenvalue weighted by Gasteiger charge is -2.11. The average molecular weight is 223 g/mol. The van der Waals surface area contributed by atoms with E-state index < -0.39 is 0 Å². The van der Waals surface area contributed by atoms with Crippen LogP contribution in [0.2, 0.25) is 0 Å². The van der Waals surface area contributed by atoms with Crippen LogP contribution in [0.3, 0.4) is 0 Å².